The molecule has 0 radical (unpaired) electrons. The summed E-state index contributed by atoms with van der Waals surface area (Å²) in [5, 5.41) is 4.62. The Balaban J connectivity index is 1.58. The van der Waals surface area contributed by atoms with Crippen LogP contribution in [0.15, 0.2) is 101 Å². The number of nitrogens with zero attached hydrogens (tertiary/aromatic N) is 3. The van der Waals surface area contributed by atoms with Crippen molar-refractivity contribution < 1.29 is 27.4 Å². The van der Waals surface area contributed by atoms with Gasteiger partial charge in [-0.2, -0.15) is 22.9 Å². The zero-order valence-corrected chi connectivity index (χ0v) is 22.1. The topological polar surface area (TPSA) is 74.9 Å². The van der Waals surface area contributed by atoms with Gasteiger partial charge >= 0.3 is 6.18 Å². The Hall–Kier alpha value is -5.12. The summed E-state index contributed by atoms with van der Waals surface area (Å²) in [7, 11) is 2.96. The Labute approximate surface area is 233 Å². The highest BCUT2D eigenvalue weighted by Gasteiger charge is 2.31. The van der Waals surface area contributed by atoms with Crippen molar-refractivity contribution in [2.45, 2.75) is 12.8 Å². The van der Waals surface area contributed by atoms with Crippen LogP contribution in [0.2, 0.25) is 0 Å². The van der Waals surface area contributed by atoms with E-state index >= 15 is 0 Å². The number of ether oxygens (including phenoxy) is 3. The van der Waals surface area contributed by atoms with Crippen LogP contribution in [0.1, 0.15) is 16.7 Å². The molecule has 208 valence electrons. The van der Waals surface area contributed by atoms with E-state index in [1.54, 1.807) is 36.4 Å². The summed E-state index contributed by atoms with van der Waals surface area (Å²) >= 11 is 0. The first-order valence-corrected chi connectivity index (χ1v) is 12.4. The monoisotopic (exact) mass is 559 g/mol. The van der Waals surface area contributed by atoms with Gasteiger partial charge < -0.3 is 14.2 Å². The zero-order chi connectivity index (χ0) is 29.0. The molecule has 0 saturated carbocycles. The maximum atomic E-state index is 13.5. The second-order valence-corrected chi connectivity index (χ2v) is 8.92. The molecule has 0 aliphatic rings. The van der Waals surface area contributed by atoms with Gasteiger partial charge in [0.1, 0.15) is 6.61 Å². The van der Waals surface area contributed by atoms with Crippen molar-refractivity contribution in [1.82, 2.24) is 9.66 Å². The van der Waals surface area contributed by atoms with Crippen molar-refractivity contribution >= 4 is 17.1 Å². The maximum absolute atomic E-state index is 13.5. The fourth-order valence-corrected chi connectivity index (χ4v) is 4.22. The normalized spacial score (nSPS) is 11.6. The molecule has 0 amide bonds. The third-order valence-corrected chi connectivity index (χ3v) is 6.23. The molecule has 0 aliphatic heterocycles. The number of halogens is 3. The van der Waals surface area contributed by atoms with Crippen LogP contribution in [0.5, 0.6) is 17.2 Å². The lowest BCUT2D eigenvalue weighted by molar-refractivity contribution is -0.137. The lowest BCUT2D eigenvalue weighted by Crippen LogP contribution is -2.20. The molecule has 5 aromatic rings. The summed E-state index contributed by atoms with van der Waals surface area (Å²) in [6, 6.07) is 24.0. The minimum absolute atomic E-state index is 0.0437. The molecule has 5 rings (SSSR count). The van der Waals surface area contributed by atoms with E-state index in [1.165, 1.54) is 32.6 Å². The minimum Gasteiger partial charge on any atom is -0.493 e. The first-order valence-electron chi connectivity index (χ1n) is 12.4. The Bertz CT molecular complexity index is 1760. The Morgan fingerprint density at radius 2 is 1.56 bits per heavy atom. The average molecular weight is 560 g/mol. The van der Waals surface area contributed by atoms with E-state index in [0.29, 0.717) is 28.3 Å². The summed E-state index contributed by atoms with van der Waals surface area (Å²) < 4.78 is 58.4. The van der Waals surface area contributed by atoms with Gasteiger partial charge in [-0.3, -0.25) is 4.79 Å². The van der Waals surface area contributed by atoms with E-state index in [2.05, 4.69) is 10.1 Å². The second-order valence-electron chi connectivity index (χ2n) is 8.92. The first-order chi connectivity index (χ1) is 19.8. The average Bonchev–Trinajstić information content (AvgIpc) is 2.99. The van der Waals surface area contributed by atoms with Crippen molar-refractivity contribution in [3.8, 4) is 28.6 Å². The molecule has 0 atom stereocenters. The van der Waals surface area contributed by atoms with Crippen LogP contribution in [0.3, 0.4) is 0 Å². The molecular weight excluding hydrogens is 535 g/mol. The summed E-state index contributed by atoms with van der Waals surface area (Å²) in [4.78, 5) is 18.0. The van der Waals surface area contributed by atoms with Gasteiger partial charge in [-0.1, -0.05) is 54.6 Å². The van der Waals surface area contributed by atoms with Crippen LogP contribution in [0.4, 0.5) is 13.2 Å². The van der Waals surface area contributed by atoms with E-state index in [4.69, 9.17) is 14.2 Å². The van der Waals surface area contributed by atoms with Crippen molar-refractivity contribution in [3.05, 3.63) is 118 Å². The third kappa shape index (κ3) is 5.91. The summed E-state index contributed by atoms with van der Waals surface area (Å²) in [5.74, 6) is 1.07. The number of para-hydroxylation sites is 1. The predicted octanol–water partition coefficient (Wildman–Crippen LogP) is 6.56. The highest BCUT2D eigenvalue weighted by Crippen LogP contribution is 2.39. The minimum atomic E-state index is -4.57. The molecule has 0 spiro atoms. The van der Waals surface area contributed by atoms with Crippen molar-refractivity contribution in [2.75, 3.05) is 14.2 Å². The summed E-state index contributed by atoms with van der Waals surface area (Å²) in [6.07, 6.45) is -3.19. The number of hydrogen-bond donors (Lipinski definition) is 0. The maximum Gasteiger partial charge on any atom is 0.416 e. The van der Waals surface area contributed by atoms with Crippen LogP contribution >= 0.6 is 0 Å². The Kier molecular flexibility index (Phi) is 7.73. The molecule has 10 heteroatoms. The molecule has 0 aliphatic carbocycles. The molecule has 0 saturated heterocycles. The van der Waals surface area contributed by atoms with Crippen molar-refractivity contribution in [2.24, 2.45) is 5.10 Å². The van der Waals surface area contributed by atoms with Crippen LogP contribution < -0.4 is 19.8 Å². The van der Waals surface area contributed by atoms with E-state index in [-0.39, 0.29) is 23.4 Å². The van der Waals surface area contributed by atoms with Crippen LogP contribution in [-0.2, 0) is 12.8 Å². The molecule has 41 heavy (non-hydrogen) atoms. The molecule has 0 N–H and O–H groups in total. The molecule has 0 bridgehead atoms. The molecule has 7 nitrogen and oxygen atoms in total. The van der Waals surface area contributed by atoms with Gasteiger partial charge in [0.25, 0.3) is 5.56 Å². The van der Waals surface area contributed by atoms with Gasteiger partial charge in [-0.15, -0.1) is 0 Å². The molecule has 1 aromatic heterocycles. The van der Waals surface area contributed by atoms with Crippen LogP contribution in [0, 0.1) is 0 Å². The smallest absolute Gasteiger partial charge is 0.416 e. The van der Waals surface area contributed by atoms with Gasteiger partial charge in [-0.05, 0) is 42.0 Å². The summed E-state index contributed by atoms with van der Waals surface area (Å²) in [6.45, 7) is 0.277. The molecule has 1 heterocycles. The number of benzene rings is 4. The quantitative estimate of drug-likeness (QED) is 0.201. The Morgan fingerprint density at radius 3 is 2.24 bits per heavy atom. The van der Waals surface area contributed by atoms with Gasteiger partial charge in [0.15, 0.2) is 17.3 Å². The lowest BCUT2D eigenvalue weighted by Gasteiger charge is -2.15. The highest BCUT2D eigenvalue weighted by molar-refractivity contribution is 5.84. The number of alkyl halides is 3. The van der Waals surface area contributed by atoms with Gasteiger partial charge in [0.05, 0.1) is 36.9 Å². The number of hydrogen-bond acceptors (Lipinski definition) is 6. The van der Waals surface area contributed by atoms with Gasteiger partial charge in [0.2, 0.25) is 5.75 Å². The lowest BCUT2D eigenvalue weighted by atomic mass is 10.1. The molecule has 0 fully saturated rings. The van der Waals surface area contributed by atoms with Crippen molar-refractivity contribution in [3.63, 3.8) is 0 Å². The van der Waals surface area contributed by atoms with Crippen LogP contribution in [0.25, 0.3) is 22.3 Å². The molecule has 4 aromatic carbocycles. The fourth-order valence-electron chi connectivity index (χ4n) is 4.22. The largest absolute Gasteiger partial charge is 0.493 e. The SMILES string of the molecule is COc1cc(C=Nn2c(-c3cccc(C(F)(F)F)c3)nc3ccccc3c2=O)cc(OC)c1OCc1ccccc1. The number of methoxy groups -OCH3 is 2. The van der Waals surface area contributed by atoms with Crippen LogP contribution in [-0.4, -0.2) is 30.1 Å². The molecular formula is C31H24F3N3O4. The first kappa shape index (κ1) is 27.4. The zero-order valence-electron chi connectivity index (χ0n) is 22.1. The van der Waals surface area contributed by atoms with Crippen molar-refractivity contribution in [1.29, 1.82) is 0 Å². The third-order valence-electron chi connectivity index (χ3n) is 6.23. The second kappa shape index (κ2) is 11.5. The van der Waals surface area contributed by atoms with E-state index in [9.17, 15) is 18.0 Å². The standard InChI is InChI=1S/C31H24F3N3O4/c1-39-26-15-21(16-27(40-2)28(26)41-19-20-9-4-3-5-10-20)18-35-37-29(22-11-8-12-23(17-22)31(32,33)34)36-25-14-7-6-13-24(25)30(37)38/h3-18H,19H2,1-2H3. The van der Waals surface area contributed by atoms with E-state index in [0.717, 1.165) is 22.4 Å². The number of rotatable bonds is 8. The van der Waals surface area contributed by atoms with E-state index < -0.39 is 17.3 Å². The highest BCUT2D eigenvalue weighted by atomic mass is 19.4. The molecule has 0 unspecified atom stereocenters. The summed E-state index contributed by atoms with van der Waals surface area (Å²) in [5.41, 5.74) is 0.446. The fraction of sp³-hybridized carbons (Fsp3) is 0.129. The number of aromatic nitrogens is 2. The predicted molar refractivity (Wildman–Crippen MR) is 150 cm³/mol. The van der Waals surface area contributed by atoms with Gasteiger partial charge in [-0.25, -0.2) is 4.98 Å². The number of fused-ring (bicyclic) bond motifs is 1. The Morgan fingerprint density at radius 1 is 0.878 bits per heavy atom. The van der Waals surface area contributed by atoms with Gasteiger partial charge in [0, 0.05) is 11.1 Å². The van der Waals surface area contributed by atoms with E-state index in [1.807, 2.05) is 30.3 Å².